The molecule has 0 radical (unpaired) electrons. The molecule has 0 unspecified atom stereocenters. The smallest absolute Gasteiger partial charge is 0.311 e. The van der Waals surface area contributed by atoms with Crippen molar-refractivity contribution in [1.29, 1.82) is 0 Å². The quantitative estimate of drug-likeness (QED) is 0.875. The van der Waals surface area contributed by atoms with Gasteiger partial charge in [-0.25, -0.2) is 0 Å². The number of carbonyl (C=O) groups excluding carboxylic acids is 1. The number of furan rings is 1. The van der Waals surface area contributed by atoms with E-state index in [1.54, 1.807) is 13.0 Å². The Morgan fingerprint density at radius 3 is 2.58 bits per heavy atom. The first-order valence-corrected chi connectivity index (χ1v) is 6.61. The van der Waals surface area contributed by atoms with Crippen molar-refractivity contribution in [3.8, 4) is 0 Å². The van der Waals surface area contributed by atoms with E-state index in [-0.39, 0.29) is 12.5 Å². The standard InChI is InChI=1S/C14H19NO4/c1-10-11(5-8-19-10)12(16)15-9-14(13(17)18)6-3-2-4-7-14/h5,8H,2-4,6-7,9H2,1H3,(H,15,16)(H,17,18). The Balaban J connectivity index is 2.02. The topological polar surface area (TPSA) is 79.5 Å². The molecule has 1 aliphatic rings. The summed E-state index contributed by atoms with van der Waals surface area (Å²) in [5.74, 6) is -0.528. The maximum Gasteiger partial charge on any atom is 0.311 e. The fourth-order valence-electron chi connectivity index (χ4n) is 2.66. The van der Waals surface area contributed by atoms with Gasteiger partial charge in [-0.05, 0) is 25.8 Å². The minimum Gasteiger partial charge on any atom is -0.481 e. The van der Waals surface area contributed by atoms with Gasteiger partial charge in [0.25, 0.3) is 5.91 Å². The molecule has 1 aliphatic carbocycles. The van der Waals surface area contributed by atoms with Gasteiger partial charge in [-0.1, -0.05) is 19.3 Å². The van der Waals surface area contributed by atoms with Crippen molar-refractivity contribution < 1.29 is 19.1 Å². The van der Waals surface area contributed by atoms with E-state index >= 15 is 0 Å². The van der Waals surface area contributed by atoms with Crippen molar-refractivity contribution in [1.82, 2.24) is 5.32 Å². The van der Waals surface area contributed by atoms with Crippen molar-refractivity contribution >= 4 is 11.9 Å². The van der Waals surface area contributed by atoms with Crippen LogP contribution in [0.5, 0.6) is 0 Å². The highest BCUT2D eigenvalue weighted by atomic mass is 16.4. The molecule has 0 spiro atoms. The minimum absolute atomic E-state index is 0.186. The van der Waals surface area contributed by atoms with Crippen LogP contribution in [0.3, 0.4) is 0 Å². The Morgan fingerprint density at radius 2 is 2.05 bits per heavy atom. The molecule has 1 amide bonds. The SMILES string of the molecule is Cc1occc1C(=O)NCC1(C(=O)O)CCCCC1. The van der Waals surface area contributed by atoms with Crippen LogP contribution in [0.25, 0.3) is 0 Å². The summed E-state index contributed by atoms with van der Waals surface area (Å²) in [5.41, 5.74) is -0.331. The number of hydrogen-bond acceptors (Lipinski definition) is 3. The molecule has 0 aromatic carbocycles. The third-order valence-electron chi connectivity index (χ3n) is 3.96. The zero-order chi connectivity index (χ0) is 13.9. The van der Waals surface area contributed by atoms with Crippen molar-refractivity contribution in [3.05, 3.63) is 23.7 Å². The van der Waals surface area contributed by atoms with Crippen LogP contribution in [0.4, 0.5) is 0 Å². The fraction of sp³-hybridized carbons (Fsp3) is 0.571. The number of rotatable bonds is 4. The lowest BCUT2D eigenvalue weighted by Gasteiger charge is -2.33. The predicted octanol–water partition coefficient (Wildman–Crippen LogP) is 2.35. The first-order chi connectivity index (χ1) is 9.05. The minimum atomic E-state index is -0.809. The molecule has 0 atom stereocenters. The molecule has 5 heteroatoms. The van der Waals surface area contributed by atoms with E-state index in [4.69, 9.17) is 4.42 Å². The molecule has 0 saturated heterocycles. The van der Waals surface area contributed by atoms with Gasteiger partial charge in [-0.3, -0.25) is 9.59 Å². The first kappa shape index (κ1) is 13.6. The number of amides is 1. The third kappa shape index (κ3) is 2.80. The van der Waals surface area contributed by atoms with Gasteiger partial charge in [0.05, 0.1) is 17.2 Å². The van der Waals surface area contributed by atoms with Crippen LogP contribution < -0.4 is 5.32 Å². The largest absolute Gasteiger partial charge is 0.481 e. The lowest BCUT2D eigenvalue weighted by molar-refractivity contribution is -0.150. The van der Waals surface area contributed by atoms with Crippen LogP contribution >= 0.6 is 0 Å². The summed E-state index contributed by atoms with van der Waals surface area (Å²) in [6.45, 7) is 1.90. The van der Waals surface area contributed by atoms with Gasteiger partial charge in [-0.2, -0.15) is 0 Å². The van der Waals surface area contributed by atoms with Gasteiger partial charge in [0.2, 0.25) is 0 Å². The Bertz CT molecular complexity index is 472. The number of hydrogen-bond donors (Lipinski definition) is 2. The third-order valence-corrected chi connectivity index (χ3v) is 3.96. The number of carboxylic acids is 1. The van der Waals surface area contributed by atoms with Gasteiger partial charge in [0.15, 0.2) is 0 Å². The van der Waals surface area contributed by atoms with Crippen LogP contribution in [-0.4, -0.2) is 23.5 Å². The van der Waals surface area contributed by atoms with Crippen molar-refractivity contribution in [2.75, 3.05) is 6.54 Å². The Morgan fingerprint density at radius 1 is 1.37 bits per heavy atom. The maximum absolute atomic E-state index is 12.0. The molecule has 5 nitrogen and oxygen atoms in total. The second-order valence-corrected chi connectivity index (χ2v) is 5.22. The second-order valence-electron chi connectivity index (χ2n) is 5.22. The highest BCUT2D eigenvalue weighted by Crippen LogP contribution is 2.36. The molecule has 1 aromatic heterocycles. The maximum atomic E-state index is 12.0. The number of aliphatic carboxylic acids is 1. The molecular weight excluding hydrogens is 246 g/mol. The van der Waals surface area contributed by atoms with E-state index in [0.29, 0.717) is 24.2 Å². The second kappa shape index (κ2) is 5.47. The summed E-state index contributed by atoms with van der Waals surface area (Å²) in [4.78, 5) is 23.4. The van der Waals surface area contributed by atoms with Crippen LogP contribution in [0.2, 0.25) is 0 Å². The average Bonchev–Trinajstić information content (AvgIpc) is 2.83. The summed E-state index contributed by atoms with van der Waals surface area (Å²) >= 11 is 0. The number of carboxylic acid groups (broad SMARTS) is 1. The van der Waals surface area contributed by atoms with Crippen LogP contribution in [0.1, 0.15) is 48.2 Å². The van der Waals surface area contributed by atoms with Crippen LogP contribution in [0.15, 0.2) is 16.7 Å². The molecule has 1 fully saturated rings. The van der Waals surface area contributed by atoms with E-state index in [0.717, 1.165) is 19.3 Å². The summed E-state index contributed by atoms with van der Waals surface area (Å²) < 4.78 is 5.07. The Kier molecular flexibility index (Phi) is 3.93. The van der Waals surface area contributed by atoms with E-state index in [2.05, 4.69) is 5.32 Å². The van der Waals surface area contributed by atoms with E-state index in [1.165, 1.54) is 6.26 Å². The molecule has 1 heterocycles. The van der Waals surface area contributed by atoms with Gasteiger partial charge in [0.1, 0.15) is 5.76 Å². The number of carbonyl (C=O) groups is 2. The fourth-order valence-corrected chi connectivity index (χ4v) is 2.66. The number of aryl methyl sites for hydroxylation is 1. The normalized spacial score (nSPS) is 17.9. The van der Waals surface area contributed by atoms with Crippen LogP contribution in [0, 0.1) is 12.3 Å². The summed E-state index contributed by atoms with van der Waals surface area (Å²) in [5, 5.41) is 12.2. The summed E-state index contributed by atoms with van der Waals surface area (Å²) in [7, 11) is 0. The van der Waals surface area contributed by atoms with E-state index in [9.17, 15) is 14.7 Å². The van der Waals surface area contributed by atoms with Gasteiger partial charge >= 0.3 is 5.97 Å². The van der Waals surface area contributed by atoms with Gasteiger partial charge < -0.3 is 14.8 Å². The lowest BCUT2D eigenvalue weighted by atomic mass is 9.74. The molecule has 19 heavy (non-hydrogen) atoms. The lowest BCUT2D eigenvalue weighted by Crippen LogP contribution is -2.44. The highest BCUT2D eigenvalue weighted by molar-refractivity contribution is 5.95. The molecule has 1 aromatic rings. The Hall–Kier alpha value is -1.78. The predicted molar refractivity (Wildman–Crippen MR) is 68.9 cm³/mol. The molecule has 0 bridgehead atoms. The van der Waals surface area contributed by atoms with E-state index < -0.39 is 11.4 Å². The molecular formula is C14H19NO4. The summed E-state index contributed by atoms with van der Waals surface area (Å²) in [6.07, 6.45) is 5.61. The molecule has 2 rings (SSSR count). The molecule has 2 N–H and O–H groups in total. The highest BCUT2D eigenvalue weighted by Gasteiger charge is 2.39. The molecule has 1 saturated carbocycles. The zero-order valence-corrected chi connectivity index (χ0v) is 11.1. The molecule has 104 valence electrons. The average molecular weight is 265 g/mol. The summed E-state index contributed by atoms with van der Waals surface area (Å²) in [6, 6.07) is 1.60. The first-order valence-electron chi connectivity index (χ1n) is 6.61. The van der Waals surface area contributed by atoms with Crippen LogP contribution in [-0.2, 0) is 4.79 Å². The molecule has 0 aliphatic heterocycles. The van der Waals surface area contributed by atoms with Gasteiger partial charge in [-0.15, -0.1) is 0 Å². The monoisotopic (exact) mass is 265 g/mol. The van der Waals surface area contributed by atoms with Gasteiger partial charge in [0, 0.05) is 6.54 Å². The Labute approximate surface area is 112 Å². The zero-order valence-electron chi connectivity index (χ0n) is 11.1. The van der Waals surface area contributed by atoms with Crippen molar-refractivity contribution in [3.63, 3.8) is 0 Å². The number of nitrogens with one attached hydrogen (secondary N) is 1. The van der Waals surface area contributed by atoms with Crippen molar-refractivity contribution in [2.45, 2.75) is 39.0 Å². The van der Waals surface area contributed by atoms with Crippen molar-refractivity contribution in [2.24, 2.45) is 5.41 Å². The van der Waals surface area contributed by atoms with E-state index in [1.807, 2.05) is 0 Å².